The van der Waals surface area contributed by atoms with Crippen LogP contribution in [0, 0.1) is 0 Å². The summed E-state index contributed by atoms with van der Waals surface area (Å²) in [6.07, 6.45) is 35.4. The number of aromatic nitrogens is 2. The molecule has 374 valence electrons. The minimum Gasteiger partial charge on any atom is -0.377 e. The van der Waals surface area contributed by atoms with Crippen LogP contribution in [-0.2, 0) is 13.1 Å². The standard InChI is InChI=1S/C66H80N4S2/c1-67(2)63-43-41-53(57-29-17-19-33-61(57)63)37-39-55-45-49-69(65-35-23-21-31-59(55)65)47-25-13-9-5-7-11-15-27-51-71-72-52-28-16-12-8-6-10-14-26-48-70-50-46-56(60-32-22-24-36-66(60)70)40-38-54-42-44-64(68(3)4)62-34-20-18-30-58(54)62/h17-24,29-46,49-50H,5-16,25-28,47-48,51-52H2,1-4H3/q+2. The number of hydrogen-bond donors (Lipinski definition) is 0. The Balaban J connectivity index is 0.624. The first-order valence-corrected chi connectivity index (χ1v) is 29.8. The van der Waals surface area contributed by atoms with E-state index in [0.29, 0.717) is 0 Å². The number of hydrogen-bond acceptors (Lipinski definition) is 4. The molecule has 0 fully saturated rings. The fourth-order valence-electron chi connectivity index (χ4n) is 10.5. The first kappa shape index (κ1) is 52.8. The lowest BCUT2D eigenvalue weighted by Crippen LogP contribution is -2.34. The van der Waals surface area contributed by atoms with Crippen LogP contribution >= 0.6 is 21.6 Å². The number of rotatable bonds is 29. The average Bonchev–Trinajstić information content (AvgIpc) is 3.41. The van der Waals surface area contributed by atoms with E-state index in [1.165, 1.54) is 191 Å². The van der Waals surface area contributed by atoms with Crippen LogP contribution in [0.4, 0.5) is 11.4 Å². The van der Waals surface area contributed by atoms with Gasteiger partial charge in [0.05, 0.1) is 10.8 Å². The van der Waals surface area contributed by atoms with E-state index in [9.17, 15) is 0 Å². The first-order valence-electron chi connectivity index (χ1n) is 27.3. The summed E-state index contributed by atoms with van der Waals surface area (Å²) in [5.41, 5.74) is 10.2. The molecule has 0 bridgehead atoms. The maximum Gasteiger partial charge on any atom is 0.213 e. The number of anilines is 2. The summed E-state index contributed by atoms with van der Waals surface area (Å²) in [7, 11) is 12.7. The highest BCUT2D eigenvalue weighted by molar-refractivity contribution is 8.76. The molecule has 8 aromatic rings. The van der Waals surface area contributed by atoms with Crippen LogP contribution < -0.4 is 18.9 Å². The molecule has 0 radical (unpaired) electrons. The minimum atomic E-state index is 1.08. The van der Waals surface area contributed by atoms with Gasteiger partial charge in [0.2, 0.25) is 11.0 Å². The fraction of sp³-hybridized carbons (Fsp3) is 0.364. The van der Waals surface area contributed by atoms with E-state index in [-0.39, 0.29) is 0 Å². The van der Waals surface area contributed by atoms with Gasteiger partial charge in [-0.15, -0.1) is 0 Å². The summed E-state index contributed by atoms with van der Waals surface area (Å²) in [4.78, 5) is 4.39. The molecule has 0 aliphatic heterocycles. The van der Waals surface area contributed by atoms with Crippen molar-refractivity contribution in [2.24, 2.45) is 0 Å². The predicted molar refractivity (Wildman–Crippen MR) is 321 cm³/mol. The number of fused-ring (bicyclic) bond motifs is 4. The lowest BCUT2D eigenvalue weighted by Gasteiger charge is -2.16. The molecule has 0 unspecified atom stereocenters. The lowest BCUT2D eigenvalue weighted by atomic mass is 10.0. The number of benzene rings is 6. The monoisotopic (exact) mass is 993 g/mol. The second kappa shape index (κ2) is 28.0. The zero-order valence-corrected chi connectivity index (χ0v) is 45.5. The maximum atomic E-state index is 2.46. The third-order valence-electron chi connectivity index (χ3n) is 14.5. The van der Waals surface area contributed by atoms with E-state index >= 15 is 0 Å². The number of pyridine rings is 2. The predicted octanol–water partition coefficient (Wildman–Crippen LogP) is 17.7. The van der Waals surface area contributed by atoms with Gasteiger partial charge in [-0.1, -0.05) is 195 Å². The Hall–Kier alpha value is -5.56. The molecule has 0 aliphatic carbocycles. The molecule has 4 nitrogen and oxygen atoms in total. The molecule has 0 aliphatic rings. The van der Waals surface area contributed by atoms with Crippen LogP contribution in [0.2, 0.25) is 0 Å². The highest BCUT2D eigenvalue weighted by atomic mass is 33.1. The van der Waals surface area contributed by atoms with Gasteiger partial charge in [-0.25, -0.2) is 0 Å². The Bertz CT molecular complexity index is 2820. The van der Waals surface area contributed by atoms with Crippen molar-refractivity contribution in [2.45, 2.75) is 116 Å². The Kier molecular flexibility index (Phi) is 20.5. The Morgan fingerprint density at radius 3 is 1.00 bits per heavy atom. The molecule has 2 heterocycles. The SMILES string of the molecule is CN(C)c1ccc(/C=C/c2cc[n+](CCCCCCCCCCSSCCCCCCCCCC[n+]3ccc(/C=C/c4ccc(N(C)C)c5ccccc45)c4ccccc43)c3ccccc23)c2ccccc12. The zero-order chi connectivity index (χ0) is 49.7. The van der Waals surface area contributed by atoms with Crippen molar-refractivity contribution in [3.8, 4) is 0 Å². The van der Waals surface area contributed by atoms with Gasteiger partial charge in [0.25, 0.3) is 0 Å². The summed E-state index contributed by atoms with van der Waals surface area (Å²) in [6, 6.07) is 48.9. The number of para-hydroxylation sites is 2. The minimum absolute atomic E-state index is 1.08. The highest BCUT2D eigenvalue weighted by Gasteiger charge is 2.14. The van der Waals surface area contributed by atoms with Gasteiger partial charge < -0.3 is 9.80 Å². The molecule has 0 atom stereocenters. The summed E-state index contributed by atoms with van der Waals surface area (Å²) < 4.78 is 4.92. The van der Waals surface area contributed by atoms with Crippen molar-refractivity contribution >= 4 is 101 Å². The van der Waals surface area contributed by atoms with Crippen LogP contribution in [0.1, 0.15) is 125 Å². The summed E-state index contributed by atoms with van der Waals surface area (Å²) >= 11 is 0. The third kappa shape index (κ3) is 14.6. The normalized spacial score (nSPS) is 11.9. The van der Waals surface area contributed by atoms with Crippen molar-refractivity contribution in [3.63, 3.8) is 0 Å². The smallest absolute Gasteiger partial charge is 0.213 e. The molecule has 0 saturated heterocycles. The average molecular weight is 994 g/mol. The fourth-order valence-corrected chi connectivity index (χ4v) is 12.8. The second-order valence-corrected chi connectivity index (χ2v) is 22.9. The molecule has 8 rings (SSSR count). The lowest BCUT2D eigenvalue weighted by molar-refractivity contribution is -0.672. The molecule has 0 amide bonds. The zero-order valence-electron chi connectivity index (χ0n) is 43.9. The quantitative estimate of drug-likeness (QED) is 0.0264. The molecule has 6 aromatic carbocycles. The van der Waals surface area contributed by atoms with Gasteiger partial charge in [-0.05, 0) is 83.0 Å². The first-order chi connectivity index (χ1) is 35.5. The molecular formula is C66H80N4S2+2. The molecule has 72 heavy (non-hydrogen) atoms. The van der Waals surface area contributed by atoms with Crippen molar-refractivity contribution in [1.82, 2.24) is 0 Å². The topological polar surface area (TPSA) is 14.2 Å². The van der Waals surface area contributed by atoms with E-state index in [1.807, 2.05) is 0 Å². The largest absolute Gasteiger partial charge is 0.377 e. The molecule has 0 spiro atoms. The molecule has 2 aromatic heterocycles. The van der Waals surface area contributed by atoms with E-state index in [1.54, 1.807) is 0 Å². The van der Waals surface area contributed by atoms with Gasteiger partial charge in [0.1, 0.15) is 13.1 Å². The van der Waals surface area contributed by atoms with Crippen molar-refractivity contribution in [3.05, 3.63) is 168 Å². The van der Waals surface area contributed by atoms with Crippen molar-refractivity contribution < 1.29 is 9.13 Å². The summed E-state index contributed by atoms with van der Waals surface area (Å²) in [5, 5.41) is 7.80. The van der Waals surface area contributed by atoms with Crippen molar-refractivity contribution in [2.75, 3.05) is 49.5 Å². The van der Waals surface area contributed by atoms with Crippen LogP contribution in [-0.4, -0.2) is 39.7 Å². The number of unbranched alkanes of at least 4 members (excludes halogenated alkanes) is 14. The molecule has 6 heteroatoms. The molecule has 0 saturated carbocycles. The van der Waals surface area contributed by atoms with Crippen LogP contribution in [0.25, 0.3) is 67.7 Å². The summed E-state index contributed by atoms with van der Waals surface area (Å²) in [5.74, 6) is 2.62. The molecule has 0 N–H and O–H groups in total. The van der Waals surface area contributed by atoms with E-state index in [4.69, 9.17) is 0 Å². The van der Waals surface area contributed by atoms with Crippen LogP contribution in [0.3, 0.4) is 0 Å². The van der Waals surface area contributed by atoms with E-state index in [0.717, 1.165) is 13.1 Å². The van der Waals surface area contributed by atoms with E-state index < -0.39 is 0 Å². The van der Waals surface area contributed by atoms with Crippen LogP contribution in [0.5, 0.6) is 0 Å². The maximum absolute atomic E-state index is 2.46. The Labute approximate surface area is 440 Å². The van der Waals surface area contributed by atoms with Crippen molar-refractivity contribution in [1.29, 1.82) is 0 Å². The van der Waals surface area contributed by atoms with Gasteiger partial charge in [-0.3, -0.25) is 0 Å². The summed E-state index contributed by atoms with van der Waals surface area (Å²) in [6.45, 7) is 2.16. The van der Waals surface area contributed by atoms with Gasteiger partial charge in [0, 0.05) is 99.0 Å². The Morgan fingerprint density at radius 1 is 0.319 bits per heavy atom. The second-order valence-electron chi connectivity index (χ2n) is 20.2. The van der Waals surface area contributed by atoms with E-state index in [2.05, 4.69) is 239 Å². The Morgan fingerprint density at radius 2 is 0.625 bits per heavy atom. The van der Waals surface area contributed by atoms with Crippen LogP contribution in [0.15, 0.2) is 146 Å². The van der Waals surface area contributed by atoms with Gasteiger partial charge in [-0.2, -0.15) is 9.13 Å². The van der Waals surface area contributed by atoms with Gasteiger partial charge >= 0.3 is 0 Å². The molecular weight excluding hydrogens is 913 g/mol. The number of aryl methyl sites for hydroxylation is 2. The van der Waals surface area contributed by atoms with Gasteiger partial charge in [0.15, 0.2) is 12.4 Å². The third-order valence-corrected chi connectivity index (χ3v) is 17.0. The highest BCUT2D eigenvalue weighted by Crippen LogP contribution is 2.32. The number of nitrogens with zero attached hydrogens (tertiary/aromatic N) is 4.